The van der Waals surface area contributed by atoms with Crippen LogP contribution < -0.4 is 5.32 Å². The molecule has 0 radical (unpaired) electrons. The normalized spacial score (nSPS) is 21.6. The summed E-state index contributed by atoms with van der Waals surface area (Å²) in [6, 6.07) is 4.79. The minimum Gasteiger partial charge on any atom is -0.387 e. The molecule has 1 aliphatic rings. The summed E-state index contributed by atoms with van der Waals surface area (Å²) in [5.74, 6) is 0. The van der Waals surface area contributed by atoms with Gasteiger partial charge in [-0.1, -0.05) is 12.1 Å². The molecule has 0 bridgehead atoms. The molecule has 106 valence electrons. The Morgan fingerprint density at radius 1 is 1.32 bits per heavy atom. The molecule has 0 saturated carbocycles. The summed E-state index contributed by atoms with van der Waals surface area (Å²) < 4.78 is 42.3. The van der Waals surface area contributed by atoms with E-state index in [0.717, 1.165) is 18.6 Å². The Kier molecular flexibility index (Phi) is 4.44. The van der Waals surface area contributed by atoms with E-state index in [0.29, 0.717) is 25.3 Å². The van der Waals surface area contributed by atoms with Gasteiger partial charge in [-0.05, 0) is 24.1 Å². The van der Waals surface area contributed by atoms with Gasteiger partial charge in [0.05, 0.1) is 18.3 Å². The lowest BCUT2D eigenvalue weighted by Gasteiger charge is -2.16. The molecule has 1 aromatic rings. The maximum atomic E-state index is 12.4. The van der Waals surface area contributed by atoms with E-state index >= 15 is 0 Å². The van der Waals surface area contributed by atoms with Crippen molar-refractivity contribution in [2.75, 3.05) is 19.8 Å². The van der Waals surface area contributed by atoms with Crippen LogP contribution in [0.5, 0.6) is 0 Å². The molecular weight excluding hydrogens is 259 g/mol. The van der Waals surface area contributed by atoms with Gasteiger partial charge in [0.15, 0.2) is 0 Å². The second-order valence-corrected chi connectivity index (χ2v) is 4.60. The van der Waals surface area contributed by atoms with Gasteiger partial charge in [0.25, 0.3) is 0 Å². The molecule has 1 heterocycles. The third kappa shape index (κ3) is 3.92. The molecule has 2 unspecified atom stereocenters. The van der Waals surface area contributed by atoms with E-state index in [1.165, 1.54) is 12.1 Å². The van der Waals surface area contributed by atoms with Gasteiger partial charge in [-0.3, -0.25) is 0 Å². The number of aliphatic hydroxyl groups is 1. The van der Waals surface area contributed by atoms with Gasteiger partial charge in [0.2, 0.25) is 0 Å². The number of rotatable bonds is 4. The summed E-state index contributed by atoms with van der Waals surface area (Å²) in [5, 5.41) is 13.0. The molecular formula is C13H16F3NO2. The van der Waals surface area contributed by atoms with Crippen LogP contribution in [-0.4, -0.2) is 30.9 Å². The van der Waals surface area contributed by atoms with E-state index < -0.39 is 17.8 Å². The lowest BCUT2D eigenvalue weighted by molar-refractivity contribution is -0.137. The lowest BCUT2D eigenvalue weighted by Crippen LogP contribution is -2.32. The van der Waals surface area contributed by atoms with Crippen LogP contribution >= 0.6 is 0 Å². The van der Waals surface area contributed by atoms with Gasteiger partial charge in [0.1, 0.15) is 0 Å². The molecule has 2 N–H and O–H groups in total. The molecule has 2 atom stereocenters. The van der Waals surface area contributed by atoms with E-state index in [1.807, 2.05) is 0 Å². The Labute approximate surface area is 109 Å². The number of aliphatic hydroxyl groups excluding tert-OH is 1. The Morgan fingerprint density at radius 2 is 2.00 bits per heavy atom. The van der Waals surface area contributed by atoms with Gasteiger partial charge in [-0.25, -0.2) is 0 Å². The summed E-state index contributed by atoms with van der Waals surface area (Å²) in [4.78, 5) is 0. The number of alkyl halides is 3. The Morgan fingerprint density at radius 3 is 2.53 bits per heavy atom. The highest BCUT2D eigenvalue weighted by molar-refractivity contribution is 5.26. The van der Waals surface area contributed by atoms with Crippen molar-refractivity contribution in [1.29, 1.82) is 0 Å². The smallest absolute Gasteiger partial charge is 0.387 e. The summed E-state index contributed by atoms with van der Waals surface area (Å²) in [7, 11) is 0. The average Bonchev–Trinajstić information content (AvgIpc) is 2.88. The molecule has 0 amide bonds. The van der Waals surface area contributed by atoms with Crippen molar-refractivity contribution in [3.8, 4) is 0 Å². The standard InChI is InChI=1S/C13H16F3NO2/c14-13(15,16)10-3-1-9(2-4-10)12(18)7-17-11-5-6-19-8-11/h1-4,11-12,17-18H,5-8H2. The van der Waals surface area contributed by atoms with Crippen LogP contribution in [0.25, 0.3) is 0 Å². The third-order valence-corrected chi connectivity index (χ3v) is 3.15. The molecule has 1 fully saturated rings. The molecule has 1 aliphatic heterocycles. The van der Waals surface area contributed by atoms with Crippen LogP contribution in [0.2, 0.25) is 0 Å². The van der Waals surface area contributed by atoms with Crippen molar-refractivity contribution in [3.63, 3.8) is 0 Å². The van der Waals surface area contributed by atoms with E-state index in [2.05, 4.69) is 5.32 Å². The minimum absolute atomic E-state index is 0.212. The second-order valence-electron chi connectivity index (χ2n) is 4.60. The molecule has 1 saturated heterocycles. The molecule has 0 spiro atoms. The summed E-state index contributed by atoms with van der Waals surface area (Å²) >= 11 is 0. The molecule has 19 heavy (non-hydrogen) atoms. The van der Waals surface area contributed by atoms with Gasteiger partial charge >= 0.3 is 6.18 Å². The maximum Gasteiger partial charge on any atom is 0.416 e. The van der Waals surface area contributed by atoms with Crippen LogP contribution in [0.4, 0.5) is 13.2 Å². The van der Waals surface area contributed by atoms with E-state index in [9.17, 15) is 18.3 Å². The zero-order valence-corrected chi connectivity index (χ0v) is 10.3. The van der Waals surface area contributed by atoms with Crippen LogP contribution in [-0.2, 0) is 10.9 Å². The first-order valence-electron chi connectivity index (χ1n) is 6.13. The fourth-order valence-corrected chi connectivity index (χ4v) is 1.99. The quantitative estimate of drug-likeness (QED) is 0.884. The monoisotopic (exact) mass is 275 g/mol. The lowest BCUT2D eigenvalue weighted by atomic mass is 10.1. The van der Waals surface area contributed by atoms with Crippen molar-refractivity contribution in [1.82, 2.24) is 5.32 Å². The molecule has 0 aliphatic carbocycles. The van der Waals surface area contributed by atoms with Gasteiger partial charge < -0.3 is 15.2 Å². The number of nitrogens with one attached hydrogen (secondary N) is 1. The van der Waals surface area contributed by atoms with Gasteiger partial charge in [0, 0.05) is 19.2 Å². The zero-order valence-electron chi connectivity index (χ0n) is 10.3. The molecule has 2 rings (SSSR count). The van der Waals surface area contributed by atoms with Crippen LogP contribution in [0, 0.1) is 0 Å². The number of hydrogen-bond acceptors (Lipinski definition) is 3. The fourth-order valence-electron chi connectivity index (χ4n) is 1.99. The molecule has 6 heteroatoms. The summed E-state index contributed by atoms with van der Waals surface area (Å²) in [5.41, 5.74) is -0.236. The largest absolute Gasteiger partial charge is 0.416 e. The molecule has 1 aromatic carbocycles. The van der Waals surface area contributed by atoms with Crippen LogP contribution in [0.15, 0.2) is 24.3 Å². The maximum absolute atomic E-state index is 12.4. The van der Waals surface area contributed by atoms with Crippen molar-refractivity contribution in [3.05, 3.63) is 35.4 Å². The number of halogens is 3. The number of hydrogen-bond donors (Lipinski definition) is 2. The minimum atomic E-state index is -4.34. The molecule has 0 aromatic heterocycles. The highest BCUT2D eigenvalue weighted by atomic mass is 19.4. The Bertz CT molecular complexity index is 399. The molecule has 3 nitrogen and oxygen atoms in total. The summed E-state index contributed by atoms with van der Waals surface area (Å²) in [6.45, 7) is 1.62. The summed E-state index contributed by atoms with van der Waals surface area (Å²) in [6.07, 6.45) is -4.27. The SMILES string of the molecule is OC(CNC1CCOC1)c1ccc(C(F)(F)F)cc1. The van der Waals surface area contributed by atoms with Crippen molar-refractivity contribution in [2.24, 2.45) is 0 Å². The number of benzene rings is 1. The van der Waals surface area contributed by atoms with E-state index in [1.54, 1.807) is 0 Å². The van der Waals surface area contributed by atoms with Crippen molar-refractivity contribution >= 4 is 0 Å². The predicted octanol–water partition coefficient (Wildman–Crippen LogP) is 2.12. The van der Waals surface area contributed by atoms with Crippen LogP contribution in [0.1, 0.15) is 23.7 Å². The first kappa shape index (κ1) is 14.3. The Balaban J connectivity index is 1.89. The van der Waals surface area contributed by atoms with Crippen molar-refractivity contribution in [2.45, 2.75) is 24.7 Å². The van der Waals surface area contributed by atoms with Gasteiger partial charge in [-0.15, -0.1) is 0 Å². The first-order valence-corrected chi connectivity index (χ1v) is 6.13. The zero-order chi connectivity index (χ0) is 13.9. The highest BCUT2D eigenvalue weighted by Crippen LogP contribution is 2.29. The van der Waals surface area contributed by atoms with E-state index in [-0.39, 0.29) is 6.04 Å². The number of ether oxygens (including phenoxy) is 1. The fraction of sp³-hybridized carbons (Fsp3) is 0.538. The first-order chi connectivity index (χ1) is 8.97. The topological polar surface area (TPSA) is 41.5 Å². The average molecular weight is 275 g/mol. The van der Waals surface area contributed by atoms with Crippen molar-refractivity contribution < 1.29 is 23.0 Å². The van der Waals surface area contributed by atoms with E-state index in [4.69, 9.17) is 4.74 Å². The second kappa shape index (κ2) is 5.90. The van der Waals surface area contributed by atoms with Crippen LogP contribution in [0.3, 0.4) is 0 Å². The van der Waals surface area contributed by atoms with Gasteiger partial charge in [-0.2, -0.15) is 13.2 Å². The third-order valence-electron chi connectivity index (χ3n) is 3.15. The Hall–Kier alpha value is -1.11. The highest BCUT2D eigenvalue weighted by Gasteiger charge is 2.30. The predicted molar refractivity (Wildman–Crippen MR) is 63.6 cm³/mol.